The smallest absolute Gasteiger partial charge is 0.240 e. The van der Waals surface area contributed by atoms with Gasteiger partial charge in [-0.2, -0.15) is 0 Å². The van der Waals surface area contributed by atoms with E-state index in [1.807, 2.05) is 6.92 Å². The van der Waals surface area contributed by atoms with E-state index < -0.39 is 5.54 Å². The Bertz CT molecular complexity index is 461. The van der Waals surface area contributed by atoms with Crippen LogP contribution in [0.1, 0.15) is 38.8 Å². The van der Waals surface area contributed by atoms with E-state index in [0.29, 0.717) is 17.7 Å². The molecule has 0 saturated heterocycles. The van der Waals surface area contributed by atoms with Crippen molar-refractivity contribution in [1.82, 2.24) is 5.32 Å². The van der Waals surface area contributed by atoms with Crippen LogP contribution >= 0.6 is 0 Å². The normalized spacial score (nSPS) is 15.5. The highest BCUT2D eigenvalue weighted by Crippen LogP contribution is 2.26. The molecule has 19 heavy (non-hydrogen) atoms. The van der Waals surface area contributed by atoms with Crippen molar-refractivity contribution in [3.8, 4) is 5.75 Å². The number of rotatable bonds is 5. The summed E-state index contributed by atoms with van der Waals surface area (Å²) in [5, 5.41) is 2.78. The van der Waals surface area contributed by atoms with Crippen molar-refractivity contribution >= 4 is 5.91 Å². The summed E-state index contributed by atoms with van der Waals surface area (Å²) >= 11 is 0. The molecule has 1 aromatic carbocycles. The Balaban J connectivity index is 2.92. The van der Waals surface area contributed by atoms with Gasteiger partial charge in [0, 0.05) is 5.56 Å². The lowest BCUT2D eigenvalue weighted by molar-refractivity contribution is -0.126. The molecule has 0 bridgehead atoms. The van der Waals surface area contributed by atoms with Crippen molar-refractivity contribution in [2.75, 3.05) is 7.11 Å². The molecular weight excluding hydrogens is 247 g/mol. The molecule has 2 unspecified atom stereocenters. The van der Waals surface area contributed by atoms with Crippen LogP contribution in [0.5, 0.6) is 5.75 Å². The average molecular weight is 268 g/mol. The fourth-order valence-electron chi connectivity index (χ4n) is 1.64. The summed E-state index contributed by atoms with van der Waals surface area (Å²) in [5.41, 5.74) is 5.52. The van der Waals surface area contributed by atoms with Crippen LogP contribution in [0.2, 0.25) is 0 Å². The third-order valence-corrected chi connectivity index (χ3v) is 3.26. The number of nitrogens with one attached hydrogen (secondary N) is 1. The zero-order valence-corrected chi connectivity index (χ0v) is 11.8. The predicted molar refractivity (Wildman–Crippen MR) is 72.4 cm³/mol. The van der Waals surface area contributed by atoms with Gasteiger partial charge in [-0.3, -0.25) is 4.79 Å². The van der Waals surface area contributed by atoms with Crippen LogP contribution in [-0.4, -0.2) is 18.6 Å². The fourth-order valence-corrected chi connectivity index (χ4v) is 1.64. The summed E-state index contributed by atoms with van der Waals surface area (Å²) in [6.45, 7) is 5.27. The second-order valence-corrected chi connectivity index (χ2v) is 4.85. The highest BCUT2D eigenvalue weighted by molar-refractivity contribution is 5.85. The van der Waals surface area contributed by atoms with Gasteiger partial charge >= 0.3 is 0 Å². The SMILES string of the molecule is CCC(C)(N)C(=O)NC(C)c1cc(F)ccc1OC. The number of benzene rings is 1. The van der Waals surface area contributed by atoms with Crippen molar-refractivity contribution in [3.63, 3.8) is 0 Å². The summed E-state index contributed by atoms with van der Waals surface area (Å²) in [7, 11) is 1.50. The Hall–Kier alpha value is -1.62. The maximum Gasteiger partial charge on any atom is 0.240 e. The molecule has 0 spiro atoms. The molecule has 106 valence electrons. The number of carbonyl (C=O) groups excluding carboxylic acids is 1. The van der Waals surface area contributed by atoms with E-state index in [9.17, 15) is 9.18 Å². The van der Waals surface area contributed by atoms with Gasteiger partial charge in [-0.1, -0.05) is 6.92 Å². The minimum absolute atomic E-state index is 0.270. The molecule has 0 aliphatic heterocycles. The monoisotopic (exact) mass is 268 g/mol. The lowest BCUT2D eigenvalue weighted by atomic mass is 9.98. The average Bonchev–Trinajstić information content (AvgIpc) is 2.38. The Morgan fingerprint density at radius 1 is 1.58 bits per heavy atom. The quantitative estimate of drug-likeness (QED) is 0.860. The van der Waals surface area contributed by atoms with E-state index >= 15 is 0 Å². The first kappa shape index (κ1) is 15.4. The van der Waals surface area contributed by atoms with Crippen molar-refractivity contribution in [2.45, 2.75) is 38.8 Å². The molecule has 1 amide bonds. The molecule has 1 aromatic rings. The maximum absolute atomic E-state index is 13.3. The number of hydrogen-bond acceptors (Lipinski definition) is 3. The minimum atomic E-state index is -0.936. The minimum Gasteiger partial charge on any atom is -0.496 e. The van der Waals surface area contributed by atoms with E-state index in [1.54, 1.807) is 13.8 Å². The Labute approximate surface area is 113 Å². The summed E-state index contributed by atoms with van der Waals surface area (Å²) < 4.78 is 18.5. The highest BCUT2D eigenvalue weighted by atomic mass is 19.1. The summed E-state index contributed by atoms with van der Waals surface area (Å²) in [4.78, 5) is 12.0. The van der Waals surface area contributed by atoms with Crippen molar-refractivity contribution in [1.29, 1.82) is 0 Å². The summed E-state index contributed by atoms with van der Waals surface area (Å²) in [6.07, 6.45) is 0.520. The number of ether oxygens (including phenoxy) is 1. The number of hydrogen-bond donors (Lipinski definition) is 2. The Morgan fingerprint density at radius 2 is 2.21 bits per heavy atom. The second kappa shape index (κ2) is 6.02. The standard InChI is InChI=1S/C14H21FN2O2/c1-5-14(3,16)13(18)17-9(2)11-8-10(15)6-7-12(11)19-4/h6-9H,5,16H2,1-4H3,(H,17,18). The maximum atomic E-state index is 13.3. The van der Waals surface area contributed by atoms with Crippen molar-refractivity contribution in [3.05, 3.63) is 29.6 Å². The van der Waals surface area contributed by atoms with E-state index in [-0.39, 0.29) is 17.8 Å². The molecule has 0 aliphatic carbocycles. The first-order chi connectivity index (χ1) is 8.81. The molecule has 0 aliphatic rings. The Morgan fingerprint density at radius 3 is 2.74 bits per heavy atom. The predicted octanol–water partition coefficient (Wildman–Crippen LogP) is 2.14. The molecule has 3 N–H and O–H groups in total. The van der Waals surface area contributed by atoms with Gasteiger partial charge in [0.1, 0.15) is 11.6 Å². The van der Waals surface area contributed by atoms with Crippen LogP contribution in [-0.2, 0) is 4.79 Å². The highest BCUT2D eigenvalue weighted by Gasteiger charge is 2.27. The van der Waals surface area contributed by atoms with Crippen LogP contribution in [0.15, 0.2) is 18.2 Å². The molecule has 0 heterocycles. The van der Waals surface area contributed by atoms with Gasteiger partial charge in [-0.15, -0.1) is 0 Å². The van der Waals surface area contributed by atoms with Crippen LogP contribution < -0.4 is 15.8 Å². The van der Waals surface area contributed by atoms with Gasteiger partial charge < -0.3 is 15.8 Å². The first-order valence-electron chi connectivity index (χ1n) is 6.25. The van der Waals surface area contributed by atoms with Crippen LogP contribution in [0.3, 0.4) is 0 Å². The number of carbonyl (C=O) groups is 1. The van der Waals surface area contributed by atoms with Crippen LogP contribution in [0, 0.1) is 5.82 Å². The number of nitrogens with two attached hydrogens (primary N) is 1. The van der Waals surface area contributed by atoms with E-state index in [2.05, 4.69) is 5.32 Å². The molecule has 1 rings (SSSR count). The van der Waals surface area contributed by atoms with Crippen LogP contribution in [0.25, 0.3) is 0 Å². The van der Waals surface area contributed by atoms with E-state index in [0.717, 1.165) is 0 Å². The van der Waals surface area contributed by atoms with Gasteiger partial charge in [-0.25, -0.2) is 4.39 Å². The Kier molecular flexibility index (Phi) is 4.89. The van der Waals surface area contributed by atoms with Gasteiger partial charge in [0.25, 0.3) is 0 Å². The van der Waals surface area contributed by atoms with Gasteiger partial charge in [0.05, 0.1) is 18.7 Å². The molecule has 2 atom stereocenters. The number of amides is 1. The largest absolute Gasteiger partial charge is 0.496 e. The van der Waals surface area contributed by atoms with Gasteiger partial charge in [0.15, 0.2) is 0 Å². The zero-order valence-electron chi connectivity index (χ0n) is 11.8. The molecule has 5 heteroatoms. The molecule has 4 nitrogen and oxygen atoms in total. The van der Waals surface area contributed by atoms with Gasteiger partial charge in [0.2, 0.25) is 5.91 Å². The van der Waals surface area contributed by atoms with Crippen molar-refractivity contribution in [2.24, 2.45) is 5.73 Å². The number of halogens is 1. The zero-order chi connectivity index (χ0) is 14.6. The summed E-state index contributed by atoms with van der Waals surface area (Å²) in [6, 6.07) is 3.82. The first-order valence-corrected chi connectivity index (χ1v) is 6.25. The molecular formula is C14H21FN2O2. The lowest BCUT2D eigenvalue weighted by Gasteiger charge is -2.25. The topological polar surface area (TPSA) is 64.4 Å². The van der Waals surface area contributed by atoms with E-state index in [1.165, 1.54) is 25.3 Å². The molecule has 0 fully saturated rings. The van der Waals surface area contributed by atoms with Gasteiger partial charge in [-0.05, 0) is 38.5 Å². The third-order valence-electron chi connectivity index (χ3n) is 3.26. The van der Waals surface area contributed by atoms with Crippen LogP contribution in [0.4, 0.5) is 4.39 Å². The van der Waals surface area contributed by atoms with E-state index in [4.69, 9.17) is 10.5 Å². The second-order valence-electron chi connectivity index (χ2n) is 4.85. The third kappa shape index (κ3) is 3.67. The fraction of sp³-hybridized carbons (Fsp3) is 0.500. The molecule has 0 saturated carbocycles. The summed E-state index contributed by atoms with van der Waals surface area (Å²) in [5.74, 6) is -0.110. The molecule has 0 radical (unpaired) electrons. The van der Waals surface area contributed by atoms with Crippen molar-refractivity contribution < 1.29 is 13.9 Å². The lowest BCUT2D eigenvalue weighted by Crippen LogP contribution is -2.51. The molecule has 0 aromatic heterocycles. The number of methoxy groups -OCH3 is 1.